The van der Waals surface area contributed by atoms with Crippen molar-refractivity contribution >= 4 is 25.6 Å². The van der Waals surface area contributed by atoms with E-state index < -0.39 is 44.3 Å². The number of methoxy groups -OCH3 is 2. The zero-order valence-corrected chi connectivity index (χ0v) is 20.5. The lowest BCUT2D eigenvalue weighted by Crippen LogP contribution is -2.39. The summed E-state index contributed by atoms with van der Waals surface area (Å²) in [6.45, 7) is 4.96. The zero-order chi connectivity index (χ0) is 25.0. The smallest absolute Gasteiger partial charge is 0.342 e. The van der Waals surface area contributed by atoms with Gasteiger partial charge in [0.15, 0.2) is 0 Å². The van der Waals surface area contributed by atoms with Crippen molar-refractivity contribution in [2.45, 2.75) is 58.4 Å². The molecule has 1 saturated heterocycles. The average molecular weight is 491 g/mol. The molecule has 0 amide bonds. The minimum absolute atomic E-state index is 0.0874. The largest absolute Gasteiger partial charge is 0.478 e. The number of carboxylic acids is 1. The van der Waals surface area contributed by atoms with Crippen LogP contribution in [0.2, 0.25) is 0 Å². The van der Waals surface area contributed by atoms with Crippen LogP contribution in [0.4, 0.5) is 0 Å². The molecule has 3 N–H and O–H groups in total. The van der Waals surface area contributed by atoms with Crippen LogP contribution in [0, 0.1) is 0 Å². The average Bonchev–Trinajstić information content (AvgIpc) is 3.31. The molecular weight excluding hydrogens is 457 g/mol. The van der Waals surface area contributed by atoms with Crippen molar-refractivity contribution < 1.29 is 42.8 Å². The number of carbonyl (C=O) groups excluding carboxylic acids is 2. The van der Waals surface area contributed by atoms with Crippen molar-refractivity contribution in [2.75, 3.05) is 27.4 Å². The molecule has 0 saturated carbocycles. The normalized spacial score (nSPS) is 22.3. The Morgan fingerprint density at radius 3 is 2.58 bits per heavy atom. The Kier molecular flexibility index (Phi) is 12.3. The molecule has 2 aliphatic rings. The summed E-state index contributed by atoms with van der Waals surface area (Å²) >= 11 is 0. The molecule has 2 heterocycles. The molecule has 1 fully saturated rings. The first kappa shape index (κ1) is 28.8. The van der Waals surface area contributed by atoms with Gasteiger partial charge < -0.3 is 28.7 Å². The van der Waals surface area contributed by atoms with E-state index in [1.165, 1.54) is 27.3 Å². The summed E-state index contributed by atoms with van der Waals surface area (Å²) in [6, 6.07) is -0.962. The molecule has 188 valence electrons. The molecular formula is C20H34N3O9P. The van der Waals surface area contributed by atoms with Gasteiger partial charge in [-0.1, -0.05) is 19.9 Å². The van der Waals surface area contributed by atoms with Crippen molar-refractivity contribution in [3.63, 3.8) is 0 Å². The zero-order valence-electron chi connectivity index (χ0n) is 19.6. The first-order valence-electron chi connectivity index (χ1n) is 10.6. The van der Waals surface area contributed by atoms with Crippen molar-refractivity contribution in [2.24, 2.45) is 0 Å². The van der Waals surface area contributed by atoms with Gasteiger partial charge >= 0.3 is 25.6 Å². The molecule has 0 bridgehead atoms. The van der Waals surface area contributed by atoms with Gasteiger partial charge in [-0.3, -0.25) is 14.2 Å². The number of aliphatic carboxylic acids is 1. The van der Waals surface area contributed by atoms with Gasteiger partial charge in [-0.25, -0.2) is 15.0 Å². The fourth-order valence-corrected chi connectivity index (χ4v) is 4.56. The van der Waals surface area contributed by atoms with E-state index in [0.717, 1.165) is 0 Å². The van der Waals surface area contributed by atoms with Crippen LogP contribution in [0.5, 0.6) is 0 Å². The lowest BCUT2D eigenvalue weighted by Gasteiger charge is -2.27. The maximum absolute atomic E-state index is 13.1. The van der Waals surface area contributed by atoms with Gasteiger partial charge in [0.1, 0.15) is 18.8 Å². The number of hydrogen-bond donors (Lipinski definition) is 3. The Labute approximate surface area is 193 Å². The maximum Gasteiger partial charge on any atom is 0.342 e. The molecule has 0 aromatic heterocycles. The number of rotatable bonds is 11. The minimum Gasteiger partial charge on any atom is -0.478 e. The van der Waals surface area contributed by atoms with Crippen LogP contribution in [-0.4, -0.2) is 73.7 Å². The second kappa shape index (κ2) is 14.1. The number of ether oxygens (including phenoxy) is 3. The monoisotopic (exact) mass is 491 g/mol. The number of carbonyl (C=O) groups is 3. The van der Waals surface area contributed by atoms with Crippen LogP contribution in [-0.2, 0) is 37.7 Å². The van der Waals surface area contributed by atoms with Crippen LogP contribution < -0.4 is 10.2 Å². The van der Waals surface area contributed by atoms with E-state index in [9.17, 15) is 18.9 Å². The molecule has 0 aliphatic carbocycles. The summed E-state index contributed by atoms with van der Waals surface area (Å²) in [7, 11) is -1.45. The van der Waals surface area contributed by atoms with Crippen molar-refractivity contribution in [3.05, 3.63) is 24.0 Å². The van der Waals surface area contributed by atoms with E-state index in [1.807, 2.05) is 13.8 Å². The van der Waals surface area contributed by atoms with E-state index in [1.54, 1.807) is 17.2 Å². The number of nitrogens with zero attached hydrogens (tertiary/aromatic N) is 1. The second-order valence-corrected chi connectivity index (χ2v) is 8.85. The minimum atomic E-state index is -3.84. The van der Waals surface area contributed by atoms with Crippen LogP contribution in [0.1, 0.15) is 40.0 Å². The molecule has 0 radical (unpaired) electrons. The summed E-state index contributed by atoms with van der Waals surface area (Å²) < 4.78 is 33.7. The van der Waals surface area contributed by atoms with Gasteiger partial charge in [-0.15, -0.1) is 0 Å². The number of allylic oxidation sites excluding steroid dienone is 1. The molecule has 0 spiro atoms. The fraction of sp³-hybridized carbons (Fsp3) is 0.650. The molecule has 0 aromatic rings. The molecule has 4 unspecified atom stereocenters. The highest BCUT2D eigenvalue weighted by atomic mass is 31.2. The van der Waals surface area contributed by atoms with Crippen molar-refractivity contribution in [1.29, 1.82) is 0 Å². The first-order chi connectivity index (χ1) is 15.7. The van der Waals surface area contributed by atoms with Crippen molar-refractivity contribution in [1.82, 2.24) is 15.1 Å². The lowest BCUT2D eigenvalue weighted by atomic mass is 10.1. The van der Waals surface area contributed by atoms with E-state index in [0.29, 0.717) is 19.3 Å². The fourth-order valence-electron chi connectivity index (χ4n) is 2.97. The number of hydrogen-bond acceptors (Lipinski definition) is 9. The molecule has 12 nitrogen and oxygen atoms in total. The Morgan fingerprint density at radius 1 is 1.27 bits per heavy atom. The topological polar surface area (TPSA) is 153 Å². The summed E-state index contributed by atoms with van der Waals surface area (Å²) in [6.07, 6.45) is 5.72. The van der Waals surface area contributed by atoms with Crippen LogP contribution in [0.3, 0.4) is 0 Å². The highest BCUT2D eigenvalue weighted by Crippen LogP contribution is 2.39. The molecule has 2 aliphatic heterocycles. The van der Waals surface area contributed by atoms with E-state index in [-0.39, 0.29) is 18.4 Å². The summed E-state index contributed by atoms with van der Waals surface area (Å²) in [5.74, 6) is -2.30. The standard InChI is InChI=1S/C18H28N3O9P.C2H6/c1-12(18(25)28-3)20-31(26,19-9-16(22)27-2)29-11-14-6-7-15(30-14)21-8-4-5-13(10-21)17(23)24;1-2/h4,8,10,12,14-15H,5-7,9,11H2,1-3H3,(H,23,24)(H2,19,20,26);1-2H3. The van der Waals surface area contributed by atoms with Gasteiger partial charge in [0, 0.05) is 18.8 Å². The third kappa shape index (κ3) is 9.26. The molecule has 2 rings (SSSR count). The van der Waals surface area contributed by atoms with Crippen LogP contribution in [0.25, 0.3) is 0 Å². The van der Waals surface area contributed by atoms with Gasteiger partial charge in [-0.05, 0) is 19.8 Å². The van der Waals surface area contributed by atoms with Crippen LogP contribution in [0.15, 0.2) is 24.0 Å². The molecule has 4 atom stereocenters. The SMILES string of the molecule is CC.COC(=O)CNP(=O)(NC(C)C(=O)OC)OCC1CCC(N2C=CCC(C(=O)O)=C2)O1. The molecule has 13 heteroatoms. The summed E-state index contributed by atoms with van der Waals surface area (Å²) in [5.41, 5.74) is 0.253. The third-order valence-corrected chi connectivity index (χ3v) is 6.45. The number of nitrogens with one attached hydrogen (secondary N) is 2. The summed E-state index contributed by atoms with van der Waals surface area (Å²) in [4.78, 5) is 36.0. The predicted octanol–water partition coefficient (Wildman–Crippen LogP) is 1.74. The van der Waals surface area contributed by atoms with Crippen molar-refractivity contribution in [3.8, 4) is 0 Å². The second-order valence-electron chi connectivity index (χ2n) is 6.92. The Hall–Kier alpha value is -2.24. The summed E-state index contributed by atoms with van der Waals surface area (Å²) in [5, 5.41) is 14.2. The van der Waals surface area contributed by atoms with Gasteiger partial charge in [0.25, 0.3) is 0 Å². The third-order valence-electron chi connectivity index (χ3n) is 4.63. The Morgan fingerprint density at radius 2 is 1.97 bits per heavy atom. The van der Waals surface area contributed by atoms with Gasteiger partial charge in [-0.2, -0.15) is 0 Å². The first-order valence-corrected chi connectivity index (χ1v) is 12.3. The molecule has 0 aromatic carbocycles. The lowest BCUT2D eigenvalue weighted by molar-refractivity contribution is -0.142. The highest BCUT2D eigenvalue weighted by Gasteiger charge is 2.34. The van der Waals surface area contributed by atoms with Gasteiger partial charge in [0.05, 0.1) is 32.5 Å². The number of carboxylic acid groups (broad SMARTS) is 1. The van der Waals surface area contributed by atoms with E-state index >= 15 is 0 Å². The maximum atomic E-state index is 13.1. The Balaban J connectivity index is 0.00000265. The van der Waals surface area contributed by atoms with E-state index in [4.69, 9.17) is 14.4 Å². The van der Waals surface area contributed by atoms with Gasteiger partial charge in [0.2, 0.25) is 0 Å². The van der Waals surface area contributed by atoms with Crippen LogP contribution >= 0.6 is 7.67 Å². The highest BCUT2D eigenvalue weighted by molar-refractivity contribution is 7.54. The quantitative estimate of drug-likeness (QED) is 0.285. The Bertz CT molecular complexity index is 787. The van der Waals surface area contributed by atoms with E-state index in [2.05, 4.69) is 19.6 Å². The predicted molar refractivity (Wildman–Crippen MR) is 119 cm³/mol. The molecule has 33 heavy (non-hydrogen) atoms. The number of esters is 2.